The number of benzene rings is 2. The Kier molecular flexibility index (Phi) is 4.93. The van der Waals surface area contributed by atoms with Gasteiger partial charge in [0.05, 0.1) is 6.04 Å². The lowest BCUT2D eigenvalue weighted by atomic mass is 10.0. The van der Waals surface area contributed by atoms with Gasteiger partial charge in [-0.25, -0.2) is 4.79 Å². The Labute approximate surface area is 137 Å². The third-order valence-electron chi connectivity index (χ3n) is 4.30. The summed E-state index contributed by atoms with van der Waals surface area (Å²) in [5.74, 6) is 0. The van der Waals surface area contributed by atoms with E-state index in [0.29, 0.717) is 19.7 Å². The van der Waals surface area contributed by atoms with Crippen LogP contribution in [-0.4, -0.2) is 42.6 Å². The zero-order valence-electron chi connectivity index (χ0n) is 13.4. The molecule has 0 bridgehead atoms. The first-order chi connectivity index (χ1) is 11.2. The van der Waals surface area contributed by atoms with Crippen molar-refractivity contribution >= 4 is 6.09 Å². The molecule has 0 radical (unpaired) electrons. The van der Waals surface area contributed by atoms with Crippen molar-refractivity contribution in [2.45, 2.75) is 12.6 Å². The van der Waals surface area contributed by atoms with Crippen LogP contribution in [0.4, 0.5) is 4.79 Å². The molecule has 1 saturated heterocycles. The van der Waals surface area contributed by atoms with Gasteiger partial charge in [0, 0.05) is 19.6 Å². The minimum atomic E-state index is -0.233. The third-order valence-corrected chi connectivity index (χ3v) is 4.30. The Morgan fingerprint density at radius 2 is 1.70 bits per heavy atom. The lowest BCUT2D eigenvalue weighted by Crippen LogP contribution is -2.49. The zero-order chi connectivity index (χ0) is 16.1. The highest BCUT2D eigenvalue weighted by Gasteiger charge is 2.29. The summed E-state index contributed by atoms with van der Waals surface area (Å²) >= 11 is 0. The summed E-state index contributed by atoms with van der Waals surface area (Å²) in [5.41, 5.74) is 2.24. The van der Waals surface area contributed by atoms with Gasteiger partial charge in [-0.15, -0.1) is 0 Å². The first kappa shape index (κ1) is 15.6. The van der Waals surface area contributed by atoms with Crippen molar-refractivity contribution < 1.29 is 9.53 Å². The topological polar surface area (TPSA) is 32.8 Å². The number of nitrogens with zero attached hydrogens (tertiary/aromatic N) is 2. The average molecular weight is 310 g/mol. The second-order valence-corrected chi connectivity index (χ2v) is 5.89. The van der Waals surface area contributed by atoms with Crippen molar-refractivity contribution in [3.8, 4) is 0 Å². The molecule has 0 aliphatic carbocycles. The molecule has 4 nitrogen and oxygen atoms in total. The maximum Gasteiger partial charge on any atom is 0.410 e. The molecule has 4 heteroatoms. The highest BCUT2D eigenvalue weighted by Crippen LogP contribution is 2.24. The lowest BCUT2D eigenvalue weighted by Gasteiger charge is -2.39. The largest absolute Gasteiger partial charge is 0.445 e. The number of rotatable bonds is 3. The molecule has 1 aliphatic rings. The van der Waals surface area contributed by atoms with Gasteiger partial charge in [-0.1, -0.05) is 60.7 Å². The molecule has 2 aromatic carbocycles. The molecule has 1 unspecified atom stereocenters. The molecule has 0 N–H and O–H groups in total. The minimum Gasteiger partial charge on any atom is -0.445 e. The predicted octanol–water partition coefficient (Wildman–Crippen LogP) is 3.31. The van der Waals surface area contributed by atoms with Crippen LogP contribution in [0.3, 0.4) is 0 Å². The van der Waals surface area contributed by atoms with Crippen LogP contribution in [-0.2, 0) is 11.3 Å². The number of hydrogen-bond acceptors (Lipinski definition) is 3. The van der Waals surface area contributed by atoms with Gasteiger partial charge >= 0.3 is 6.09 Å². The Hall–Kier alpha value is -2.33. The number of ether oxygens (including phenoxy) is 1. The number of likely N-dealkylation sites (N-methyl/N-ethyl adjacent to an activating group) is 1. The Bertz CT molecular complexity index is 630. The fourth-order valence-corrected chi connectivity index (χ4v) is 2.89. The fraction of sp³-hybridized carbons (Fsp3) is 0.316. The molecule has 1 aliphatic heterocycles. The lowest BCUT2D eigenvalue weighted by molar-refractivity contribution is 0.0564. The van der Waals surface area contributed by atoms with Gasteiger partial charge in [-0.2, -0.15) is 0 Å². The van der Waals surface area contributed by atoms with Crippen molar-refractivity contribution in [3.63, 3.8) is 0 Å². The van der Waals surface area contributed by atoms with Gasteiger partial charge in [-0.3, -0.25) is 4.90 Å². The van der Waals surface area contributed by atoms with Crippen LogP contribution in [0, 0.1) is 0 Å². The number of carbonyl (C=O) groups excluding carboxylic acids is 1. The van der Waals surface area contributed by atoms with E-state index in [0.717, 1.165) is 12.1 Å². The zero-order valence-corrected chi connectivity index (χ0v) is 13.4. The first-order valence-corrected chi connectivity index (χ1v) is 7.95. The number of hydrogen-bond donors (Lipinski definition) is 0. The van der Waals surface area contributed by atoms with Crippen molar-refractivity contribution in [1.29, 1.82) is 0 Å². The first-order valence-electron chi connectivity index (χ1n) is 7.95. The summed E-state index contributed by atoms with van der Waals surface area (Å²) in [6, 6.07) is 20.3. The minimum absolute atomic E-state index is 0.217. The van der Waals surface area contributed by atoms with E-state index in [9.17, 15) is 4.79 Å². The molecule has 2 aromatic rings. The molecule has 1 fully saturated rings. The molecule has 120 valence electrons. The van der Waals surface area contributed by atoms with Gasteiger partial charge in [-0.05, 0) is 18.2 Å². The predicted molar refractivity (Wildman–Crippen MR) is 90.0 cm³/mol. The Balaban J connectivity index is 1.60. The molecular weight excluding hydrogens is 288 g/mol. The van der Waals surface area contributed by atoms with Gasteiger partial charge in [0.2, 0.25) is 0 Å². The van der Waals surface area contributed by atoms with Crippen LogP contribution >= 0.6 is 0 Å². The molecule has 3 rings (SSSR count). The fourth-order valence-electron chi connectivity index (χ4n) is 2.89. The monoisotopic (exact) mass is 310 g/mol. The van der Waals surface area contributed by atoms with E-state index < -0.39 is 0 Å². The highest BCUT2D eigenvalue weighted by molar-refractivity contribution is 5.68. The summed E-state index contributed by atoms with van der Waals surface area (Å²) in [6.45, 7) is 2.53. The van der Waals surface area contributed by atoms with Gasteiger partial charge in [0.25, 0.3) is 0 Å². The van der Waals surface area contributed by atoms with Gasteiger partial charge < -0.3 is 9.64 Å². The van der Waals surface area contributed by atoms with E-state index in [2.05, 4.69) is 24.1 Å². The summed E-state index contributed by atoms with van der Waals surface area (Å²) in [6.07, 6.45) is -0.233. The quantitative estimate of drug-likeness (QED) is 0.872. The van der Waals surface area contributed by atoms with Crippen LogP contribution in [0.15, 0.2) is 60.7 Å². The second-order valence-electron chi connectivity index (χ2n) is 5.89. The molecule has 1 atom stereocenters. The van der Waals surface area contributed by atoms with Crippen LogP contribution < -0.4 is 0 Å². The second kappa shape index (κ2) is 7.29. The van der Waals surface area contributed by atoms with Gasteiger partial charge in [0.15, 0.2) is 0 Å². The Morgan fingerprint density at radius 1 is 1.04 bits per heavy atom. The number of piperazine rings is 1. The molecule has 0 saturated carbocycles. The molecular formula is C19H22N2O2. The van der Waals surface area contributed by atoms with Crippen molar-refractivity contribution in [2.75, 3.05) is 26.7 Å². The van der Waals surface area contributed by atoms with Crippen molar-refractivity contribution in [1.82, 2.24) is 9.80 Å². The van der Waals surface area contributed by atoms with Crippen LogP contribution in [0.5, 0.6) is 0 Å². The maximum atomic E-state index is 12.3. The maximum absolute atomic E-state index is 12.3. The summed E-state index contributed by atoms with van der Waals surface area (Å²) in [7, 11) is 2.10. The van der Waals surface area contributed by atoms with E-state index in [4.69, 9.17) is 4.74 Å². The standard InChI is InChI=1S/C19H22N2O2/c1-20-12-13-21(14-18(20)17-10-6-3-7-11-17)19(22)23-15-16-8-4-2-5-9-16/h2-11,18H,12-15H2,1H3. The van der Waals surface area contributed by atoms with Gasteiger partial charge in [0.1, 0.15) is 6.61 Å². The van der Waals surface area contributed by atoms with Crippen LogP contribution in [0.2, 0.25) is 0 Å². The third kappa shape index (κ3) is 3.90. The van der Waals surface area contributed by atoms with E-state index >= 15 is 0 Å². The molecule has 1 heterocycles. The number of carbonyl (C=O) groups is 1. The smallest absolute Gasteiger partial charge is 0.410 e. The summed E-state index contributed by atoms with van der Waals surface area (Å²) in [5, 5.41) is 0. The molecule has 0 aromatic heterocycles. The molecule has 0 spiro atoms. The van der Waals surface area contributed by atoms with E-state index in [1.54, 1.807) is 4.90 Å². The summed E-state index contributed by atoms with van der Waals surface area (Å²) < 4.78 is 5.46. The molecule has 1 amide bonds. The number of amides is 1. The van der Waals surface area contributed by atoms with Crippen LogP contribution in [0.1, 0.15) is 17.2 Å². The van der Waals surface area contributed by atoms with E-state index in [1.165, 1.54) is 5.56 Å². The normalized spacial score (nSPS) is 18.7. The van der Waals surface area contributed by atoms with Crippen molar-refractivity contribution in [3.05, 3.63) is 71.8 Å². The van der Waals surface area contributed by atoms with Crippen molar-refractivity contribution in [2.24, 2.45) is 0 Å². The molecule has 23 heavy (non-hydrogen) atoms. The summed E-state index contributed by atoms with van der Waals surface area (Å²) in [4.78, 5) is 16.4. The van der Waals surface area contributed by atoms with Crippen LogP contribution in [0.25, 0.3) is 0 Å². The SMILES string of the molecule is CN1CCN(C(=O)OCc2ccccc2)CC1c1ccccc1. The van der Waals surface area contributed by atoms with E-state index in [1.807, 2.05) is 48.5 Å². The van der Waals surface area contributed by atoms with E-state index in [-0.39, 0.29) is 12.1 Å². The average Bonchev–Trinajstić information content (AvgIpc) is 2.62. The highest BCUT2D eigenvalue weighted by atomic mass is 16.6. The Morgan fingerprint density at radius 3 is 2.39 bits per heavy atom.